The van der Waals surface area contributed by atoms with E-state index >= 15 is 0 Å². The number of aliphatic hydroxyl groups excluding tert-OH is 1. The van der Waals surface area contributed by atoms with Crippen LogP contribution in [-0.4, -0.2) is 76.8 Å². The van der Waals surface area contributed by atoms with Crippen LogP contribution in [0.25, 0.3) is 0 Å². The molecule has 2 aliphatic heterocycles. The number of β-lactam (4-membered cyclic amide) rings is 1. The van der Waals surface area contributed by atoms with Crippen molar-refractivity contribution in [3.05, 3.63) is 27.6 Å². The number of thioether (sulfide) groups is 1. The molecular formula is C19H24BrN3O9S. The number of aliphatic hydroxyl groups is 1. The van der Waals surface area contributed by atoms with E-state index in [0.29, 0.717) is 11.3 Å². The Bertz CT molecular complexity index is 913. The molecule has 2 rings (SSSR count). The summed E-state index contributed by atoms with van der Waals surface area (Å²) in [6, 6.07) is -1.06. The van der Waals surface area contributed by atoms with Gasteiger partial charge in [0.2, 0.25) is 12.5 Å². The smallest absolute Gasteiger partial charge is 0.358 e. The van der Waals surface area contributed by atoms with Gasteiger partial charge in [0.15, 0.2) is 0 Å². The van der Waals surface area contributed by atoms with Crippen LogP contribution in [0.15, 0.2) is 27.9 Å². The number of hydrogen-bond acceptors (Lipinski definition) is 11. The molecule has 0 saturated carbocycles. The Morgan fingerprint density at radius 3 is 2.52 bits per heavy atom. The van der Waals surface area contributed by atoms with Gasteiger partial charge in [0.25, 0.3) is 11.8 Å². The van der Waals surface area contributed by atoms with Crippen LogP contribution in [0.3, 0.4) is 0 Å². The minimum Gasteiger partial charge on any atom is -0.509 e. The van der Waals surface area contributed by atoms with Gasteiger partial charge in [-0.05, 0) is 31.5 Å². The molecule has 0 aromatic heterocycles. The third-order valence-corrected chi connectivity index (χ3v) is 6.42. The van der Waals surface area contributed by atoms with E-state index in [-0.39, 0.29) is 17.6 Å². The molecule has 33 heavy (non-hydrogen) atoms. The molecule has 0 bridgehead atoms. The number of fused-ring (bicyclic) bond motifs is 1. The molecule has 0 aromatic carbocycles. The van der Waals surface area contributed by atoms with Crippen LogP contribution in [0.5, 0.6) is 0 Å². The summed E-state index contributed by atoms with van der Waals surface area (Å²) in [5.41, 5.74) is -1.12. The summed E-state index contributed by atoms with van der Waals surface area (Å²) >= 11 is 4.17. The van der Waals surface area contributed by atoms with E-state index in [1.54, 1.807) is 20.8 Å². The first-order valence-corrected chi connectivity index (χ1v) is 11.8. The quantitative estimate of drug-likeness (QED) is 0.0815. The van der Waals surface area contributed by atoms with E-state index in [1.807, 2.05) is 0 Å². The highest BCUT2D eigenvalue weighted by molar-refractivity contribution is 9.09. The zero-order valence-corrected chi connectivity index (χ0v) is 20.8. The van der Waals surface area contributed by atoms with Crippen molar-refractivity contribution in [1.82, 2.24) is 10.2 Å². The Kier molecular flexibility index (Phi) is 9.03. The normalized spacial score (nSPS) is 20.9. The van der Waals surface area contributed by atoms with E-state index in [9.17, 15) is 29.2 Å². The molecule has 2 heterocycles. The average molecular weight is 550 g/mol. The van der Waals surface area contributed by atoms with Crippen molar-refractivity contribution in [3.63, 3.8) is 0 Å². The highest BCUT2D eigenvalue weighted by Gasteiger charge is 2.54. The van der Waals surface area contributed by atoms with Crippen molar-refractivity contribution in [2.45, 2.75) is 32.2 Å². The predicted molar refractivity (Wildman–Crippen MR) is 120 cm³/mol. The number of nitrogens with one attached hydrogen (secondary N) is 1. The zero-order valence-electron chi connectivity index (χ0n) is 18.4. The number of hydrogen-bond donors (Lipinski definition) is 2. The first kappa shape index (κ1) is 26.8. The largest absolute Gasteiger partial charge is 0.509 e. The number of methoxy groups -OCH3 is 1. The van der Waals surface area contributed by atoms with Crippen LogP contribution in [0.2, 0.25) is 0 Å². The maximum Gasteiger partial charge on any atom is 0.358 e. The van der Waals surface area contributed by atoms with Crippen LogP contribution < -0.4 is 5.32 Å². The van der Waals surface area contributed by atoms with Gasteiger partial charge in [0.1, 0.15) is 22.9 Å². The number of esters is 2. The molecule has 182 valence electrons. The first-order chi connectivity index (χ1) is 15.5. The number of amides is 2. The maximum absolute atomic E-state index is 12.8. The Balaban J connectivity index is 2.15. The van der Waals surface area contributed by atoms with Crippen molar-refractivity contribution in [3.8, 4) is 0 Å². The summed E-state index contributed by atoms with van der Waals surface area (Å²) in [6.07, 6.45) is 0. The minimum atomic E-state index is -1.06. The molecule has 0 aromatic rings. The van der Waals surface area contributed by atoms with Gasteiger partial charge in [-0.3, -0.25) is 19.3 Å². The lowest BCUT2D eigenvalue weighted by atomic mass is 9.98. The second-order valence-corrected chi connectivity index (χ2v) is 9.66. The Labute approximate surface area is 202 Å². The molecule has 2 aliphatic rings. The van der Waals surface area contributed by atoms with Gasteiger partial charge in [-0.15, -0.1) is 16.7 Å². The predicted octanol–water partition coefficient (Wildman–Crippen LogP) is 1.31. The maximum atomic E-state index is 12.8. The fourth-order valence-corrected chi connectivity index (χ4v) is 4.47. The number of nitroso groups, excluding NO2 is 1. The number of halogens is 1. The van der Waals surface area contributed by atoms with Crippen molar-refractivity contribution >= 4 is 51.4 Å². The minimum absolute atomic E-state index is 0.0494. The number of ether oxygens (including phenoxy) is 3. The molecule has 2 N–H and O–H groups in total. The van der Waals surface area contributed by atoms with Crippen LogP contribution in [0.4, 0.5) is 0 Å². The molecule has 1 saturated heterocycles. The Morgan fingerprint density at radius 2 is 1.97 bits per heavy atom. The average Bonchev–Trinajstić information content (AvgIpc) is 2.76. The summed E-state index contributed by atoms with van der Waals surface area (Å²) in [7, 11) is 1.43. The van der Waals surface area contributed by atoms with Crippen molar-refractivity contribution in [2.75, 3.05) is 31.6 Å². The van der Waals surface area contributed by atoms with E-state index in [0.717, 1.165) is 4.90 Å². The zero-order chi connectivity index (χ0) is 24.9. The molecule has 2 atom stereocenters. The number of allylic oxidation sites excluding steroid dienone is 1. The highest BCUT2D eigenvalue weighted by Crippen LogP contribution is 2.40. The standard InChI is InChI=1S/C19H24BrN3O9S/c1-19(2,3)18(28)32-8-31-17(27)13-9(6-30-4)7-33-16-12(15(26)23(13)16)21-14(25)11(22-29)10(24)5-20/h12,16,24H,5-8H2,1-4H3,(H,21,25)/b11-10+. The van der Waals surface area contributed by atoms with Gasteiger partial charge in [-0.1, -0.05) is 15.9 Å². The van der Waals surface area contributed by atoms with Gasteiger partial charge in [0.05, 0.1) is 17.4 Å². The number of rotatable bonds is 9. The van der Waals surface area contributed by atoms with Crippen molar-refractivity contribution in [2.24, 2.45) is 10.6 Å². The molecule has 14 heteroatoms. The van der Waals surface area contributed by atoms with Gasteiger partial charge in [-0.2, -0.15) is 0 Å². The molecule has 0 radical (unpaired) electrons. The van der Waals surface area contributed by atoms with Gasteiger partial charge >= 0.3 is 11.9 Å². The van der Waals surface area contributed by atoms with Crippen molar-refractivity contribution < 1.29 is 38.5 Å². The number of nitrogens with zero attached hydrogens (tertiary/aromatic N) is 2. The van der Waals surface area contributed by atoms with Crippen molar-refractivity contribution in [1.29, 1.82) is 0 Å². The monoisotopic (exact) mass is 549 g/mol. The Morgan fingerprint density at radius 1 is 1.30 bits per heavy atom. The molecular weight excluding hydrogens is 526 g/mol. The summed E-state index contributed by atoms with van der Waals surface area (Å²) in [5, 5.41) is 13.6. The van der Waals surface area contributed by atoms with Gasteiger partial charge < -0.3 is 24.6 Å². The topological polar surface area (TPSA) is 161 Å². The SMILES string of the molecule is COCC1=C(C(=O)OCOC(=O)C(C)(C)C)N2C(=O)C(NC(=O)/C(N=O)=C(\O)CBr)C2SC1. The van der Waals surface area contributed by atoms with Crippen LogP contribution in [0.1, 0.15) is 20.8 Å². The summed E-state index contributed by atoms with van der Waals surface area (Å²) < 4.78 is 15.1. The van der Waals surface area contributed by atoms with Gasteiger partial charge in [-0.25, -0.2) is 4.79 Å². The van der Waals surface area contributed by atoms with Gasteiger partial charge in [0, 0.05) is 12.9 Å². The molecule has 2 unspecified atom stereocenters. The lowest BCUT2D eigenvalue weighted by Crippen LogP contribution is -2.70. The molecule has 0 aliphatic carbocycles. The second kappa shape index (κ2) is 11.1. The van der Waals surface area contributed by atoms with Crippen LogP contribution in [0, 0.1) is 10.3 Å². The summed E-state index contributed by atoms with van der Waals surface area (Å²) in [6.45, 7) is 4.35. The number of carbonyl (C=O) groups is 4. The molecule has 1 fully saturated rings. The second-order valence-electron chi connectivity index (χ2n) is 8.00. The fourth-order valence-electron chi connectivity index (χ4n) is 2.88. The number of carbonyl (C=O) groups excluding carboxylic acids is 4. The van der Waals surface area contributed by atoms with E-state index in [1.165, 1.54) is 18.9 Å². The third kappa shape index (κ3) is 5.92. The van der Waals surface area contributed by atoms with Crippen LogP contribution >= 0.6 is 27.7 Å². The third-order valence-electron chi connectivity index (χ3n) is 4.54. The number of alkyl halides is 1. The molecule has 2 amide bonds. The summed E-state index contributed by atoms with van der Waals surface area (Å²) in [5.74, 6) is -3.40. The van der Waals surface area contributed by atoms with E-state index in [2.05, 4.69) is 26.4 Å². The van der Waals surface area contributed by atoms with Crippen LogP contribution in [-0.2, 0) is 33.4 Å². The summed E-state index contributed by atoms with van der Waals surface area (Å²) in [4.78, 5) is 61.7. The fraction of sp³-hybridized carbons (Fsp3) is 0.579. The molecule has 0 spiro atoms. The van der Waals surface area contributed by atoms with E-state index < -0.39 is 58.8 Å². The lowest BCUT2D eigenvalue weighted by Gasteiger charge is -2.49. The first-order valence-electron chi connectivity index (χ1n) is 9.60. The van der Waals surface area contributed by atoms with E-state index in [4.69, 9.17) is 14.2 Å². The molecule has 12 nitrogen and oxygen atoms in total. The Hall–Kier alpha value is -2.45. The lowest BCUT2D eigenvalue weighted by molar-refractivity contribution is -0.173. The highest BCUT2D eigenvalue weighted by atomic mass is 79.9.